The van der Waals surface area contributed by atoms with Gasteiger partial charge in [0.25, 0.3) is 0 Å². The molecule has 0 saturated heterocycles. The lowest BCUT2D eigenvalue weighted by Gasteiger charge is -2.16. The molecule has 0 aromatic heterocycles. The van der Waals surface area contributed by atoms with E-state index >= 15 is 0 Å². The highest BCUT2D eigenvalue weighted by Gasteiger charge is 2.09. The van der Waals surface area contributed by atoms with Gasteiger partial charge in [0.2, 0.25) is 0 Å². The van der Waals surface area contributed by atoms with Crippen molar-refractivity contribution in [1.82, 2.24) is 5.32 Å². The van der Waals surface area contributed by atoms with Crippen LogP contribution in [0, 0.1) is 0 Å². The number of primary amides is 1. The molecule has 0 bridgehead atoms. The fourth-order valence-electron chi connectivity index (χ4n) is 1.54. The Morgan fingerprint density at radius 1 is 1.47 bits per heavy atom. The van der Waals surface area contributed by atoms with Gasteiger partial charge < -0.3 is 16.4 Å². The Kier molecular flexibility index (Phi) is 4.12. The number of amides is 2. The summed E-state index contributed by atoms with van der Waals surface area (Å²) in [6, 6.07) is 7.28. The summed E-state index contributed by atoms with van der Waals surface area (Å²) in [5.74, 6) is 0. The maximum absolute atomic E-state index is 10.8. The number of hydrogen-bond donors (Lipinski definition) is 3. The zero-order chi connectivity index (χ0) is 11.3. The lowest BCUT2D eigenvalue weighted by Crippen LogP contribution is -2.23. The van der Waals surface area contributed by atoms with Crippen LogP contribution in [0.1, 0.15) is 25.5 Å². The van der Waals surface area contributed by atoms with Crippen molar-refractivity contribution in [2.24, 2.45) is 5.73 Å². The van der Waals surface area contributed by atoms with E-state index in [2.05, 4.69) is 10.6 Å². The first kappa shape index (κ1) is 11.5. The quantitative estimate of drug-likeness (QED) is 0.705. The van der Waals surface area contributed by atoms with Gasteiger partial charge in [-0.2, -0.15) is 0 Å². The van der Waals surface area contributed by atoms with Gasteiger partial charge in [-0.25, -0.2) is 4.79 Å². The van der Waals surface area contributed by atoms with Crippen LogP contribution in [0.3, 0.4) is 0 Å². The average Bonchev–Trinajstić information content (AvgIpc) is 2.18. The molecule has 1 aromatic carbocycles. The number of carbonyl (C=O) groups is 1. The Morgan fingerprint density at radius 3 is 2.73 bits per heavy atom. The van der Waals surface area contributed by atoms with E-state index in [1.54, 1.807) is 0 Å². The van der Waals surface area contributed by atoms with Crippen molar-refractivity contribution in [3.63, 3.8) is 0 Å². The van der Waals surface area contributed by atoms with E-state index in [0.29, 0.717) is 0 Å². The molecule has 4 heteroatoms. The number of rotatable bonds is 4. The molecule has 0 aliphatic rings. The Balaban J connectivity index is 2.89. The molecule has 0 heterocycles. The molecule has 0 radical (unpaired) electrons. The van der Waals surface area contributed by atoms with Crippen molar-refractivity contribution in [1.29, 1.82) is 0 Å². The van der Waals surface area contributed by atoms with Crippen LogP contribution in [0.25, 0.3) is 0 Å². The SMILES string of the molecule is CCNC(C)c1ccccc1NC(N)=O. The number of para-hydroxylation sites is 1. The van der Waals surface area contributed by atoms with Gasteiger partial charge in [-0.05, 0) is 25.1 Å². The van der Waals surface area contributed by atoms with Crippen molar-refractivity contribution in [3.8, 4) is 0 Å². The van der Waals surface area contributed by atoms with Crippen molar-refractivity contribution < 1.29 is 4.79 Å². The van der Waals surface area contributed by atoms with Crippen molar-refractivity contribution >= 4 is 11.7 Å². The lowest BCUT2D eigenvalue weighted by molar-refractivity contribution is 0.259. The number of nitrogens with one attached hydrogen (secondary N) is 2. The highest BCUT2D eigenvalue weighted by atomic mass is 16.2. The highest BCUT2D eigenvalue weighted by Crippen LogP contribution is 2.21. The molecule has 4 nitrogen and oxygen atoms in total. The minimum absolute atomic E-state index is 0.193. The Bertz CT molecular complexity index is 338. The molecule has 2 amide bonds. The van der Waals surface area contributed by atoms with Gasteiger partial charge in [0.15, 0.2) is 0 Å². The summed E-state index contributed by atoms with van der Waals surface area (Å²) < 4.78 is 0. The molecule has 1 atom stereocenters. The van der Waals surface area contributed by atoms with E-state index in [4.69, 9.17) is 5.73 Å². The molecule has 0 aliphatic heterocycles. The summed E-state index contributed by atoms with van der Waals surface area (Å²) in [5, 5.41) is 5.89. The number of anilines is 1. The predicted octanol–water partition coefficient (Wildman–Crippen LogP) is 1.85. The van der Waals surface area contributed by atoms with Crippen molar-refractivity contribution in [2.75, 3.05) is 11.9 Å². The molecule has 4 N–H and O–H groups in total. The van der Waals surface area contributed by atoms with Gasteiger partial charge >= 0.3 is 6.03 Å². The Hall–Kier alpha value is -1.55. The molecule has 0 saturated carbocycles. The summed E-state index contributed by atoms with van der Waals surface area (Å²) >= 11 is 0. The van der Waals surface area contributed by atoms with Crippen LogP contribution in [0.5, 0.6) is 0 Å². The third-order valence-electron chi connectivity index (χ3n) is 2.20. The number of urea groups is 1. The molecule has 1 unspecified atom stereocenters. The second kappa shape index (κ2) is 5.36. The number of hydrogen-bond acceptors (Lipinski definition) is 2. The van der Waals surface area contributed by atoms with Crippen LogP contribution in [-0.2, 0) is 0 Å². The molecule has 0 spiro atoms. The highest BCUT2D eigenvalue weighted by molar-refractivity contribution is 5.88. The minimum atomic E-state index is -0.536. The van der Waals surface area contributed by atoms with Crippen molar-refractivity contribution in [3.05, 3.63) is 29.8 Å². The summed E-state index contributed by atoms with van der Waals surface area (Å²) in [6.07, 6.45) is 0. The molecule has 82 valence electrons. The molecular weight excluding hydrogens is 190 g/mol. The molecule has 1 rings (SSSR count). The Labute approximate surface area is 89.9 Å². The van der Waals surface area contributed by atoms with Gasteiger partial charge in [-0.1, -0.05) is 25.1 Å². The second-order valence-electron chi connectivity index (χ2n) is 3.36. The maximum Gasteiger partial charge on any atom is 0.316 e. The van der Waals surface area contributed by atoms with Crippen molar-refractivity contribution in [2.45, 2.75) is 19.9 Å². The van der Waals surface area contributed by atoms with Crippen LogP contribution in [-0.4, -0.2) is 12.6 Å². The topological polar surface area (TPSA) is 67.2 Å². The van der Waals surface area contributed by atoms with E-state index in [9.17, 15) is 4.79 Å². The number of nitrogens with two attached hydrogens (primary N) is 1. The first-order chi connectivity index (χ1) is 7.15. The summed E-state index contributed by atoms with van der Waals surface area (Å²) in [6.45, 7) is 4.97. The number of carbonyl (C=O) groups excluding carboxylic acids is 1. The van der Waals surface area contributed by atoms with Gasteiger partial charge in [-0.15, -0.1) is 0 Å². The fraction of sp³-hybridized carbons (Fsp3) is 0.364. The van der Waals surface area contributed by atoms with Crippen LogP contribution >= 0.6 is 0 Å². The summed E-state index contributed by atoms with van der Waals surface area (Å²) in [7, 11) is 0. The van der Waals surface area contributed by atoms with Gasteiger partial charge in [0.05, 0.1) is 0 Å². The normalized spacial score (nSPS) is 12.1. The van der Waals surface area contributed by atoms with Gasteiger partial charge in [0.1, 0.15) is 0 Å². The van der Waals surface area contributed by atoms with Crippen LogP contribution in [0.4, 0.5) is 10.5 Å². The van der Waals surface area contributed by atoms with Gasteiger partial charge in [0, 0.05) is 11.7 Å². The number of benzene rings is 1. The molecule has 1 aromatic rings. The molecule has 15 heavy (non-hydrogen) atoms. The third kappa shape index (κ3) is 3.25. The minimum Gasteiger partial charge on any atom is -0.351 e. The van der Waals surface area contributed by atoms with Gasteiger partial charge in [-0.3, -0.25) is 0 Å². The summed E-state index contributed by atoms with van der Waals surface area (Å²) in [5.41, 5.74) is 6.90. The second-order valence-corrected chi connectivity index (χ2v) is 3.36. The monoisotopic (exact) mass is 207 g/mol. The van der Waals surface area contributed by atoms with E-state index < -0.39 is 6.03 Å². The molecule has 0 fully saturated rings. The zero-order valence-electron chi connectivity index (χ0n) is 9.08. The third-order valence-corrected chi connectivity index (χ3v) is 2.20. The average molecular weight is 207 g/mol. The Morgan fingerprint density at radius 2 is 2.13 bits per heavy atom. The summed E-state index contributed by atoms with van der Waals surface area (Å²) in [4.78, 5) is 10.8. The van der Waals surface area contributed by atoms with Crippen LogP contribution in [0.2, 0.25) is 0 Å². The van der Waals surface area contributed by atoms with E-state index in [-0.39, 0.29) is 6.04 Å². The van der Waals surface area contributed by atoms with E-state index in [0.717, 1.165) is 17.8 Å². The maximum atomic E-state index is 10.8. The first-order valence-corrected chi connectivity index (χ1v) is 5.04. The van der Waals surface area contributed by atoms with E-state index in [1.165, 1.54) is 0 Å². The fourth-order valence-corrected chi connectivity index (χ4v) is 1.54. The smallest absolute Gasteiger partial charge is 0.316 e. The predicted molar refractivity (Wildman–Crippen MR) is 61.7 cm³/mol. The standard InChI is InChI=1S/C11H17N3O/c1-3-13-8(2)9-6-4-5-7-10(9)14-11(12)15/h4-8,13H,3H2,1-2H3,(H3,12,14,15). The van der Waals surface area contributed by atoms with Crippen LogP contribution < -0.4 is 16.4 Å². The zero-order valence-corrected chi connectivity index (χ0v) is 9.08. The first-order valence-electron chi connectivity index (χ1n) is 5.04. The molecular formula is C11H17N3O. The largest absolute Gasteiger partial charge is 0.351 e. The van der Waals surface area contributed by atoms with Crippen LogP contribution in [0.15, 0.2) is 24.3 Å². The molecule has 0 aliphatic carbocycles. The lowest BCUT2D eigenvalue weighted by atomic mass is 10.1. The van der Waals surface area contributed by atoms with E-state index in [1.807, 2.05) is 38.1 Å².